The van der Waals surface area contributed by atoms with Gasteiger partial charge in [-0.15, -0.1) is 0 Å². The van der Waals surface area contributed by atoms with E-state index >= 15 is 0 Å². The Hall–Kier alpha value is -1.36. The molecule has 0 aromatic carbocycles. The first-order valence-corrected chi connectivity index (χ1v) is 4.39. The molecule has 0 fully saturated rings. The molecular formula is C9H15N3O2. The van der Waals surface area contributed by atoms with E-state index < -0.39 is 5.54 Å². The second-order valence-electron chi connectivity index (χ2n) is 3.81. The highest BCUT2D eigenvalue weighted by Crippen LogP contribution is 2.07. The molecule has 0 aliphatic rings. The highest BCUT2D eigenvalue weighted by molar-refractivity contribution is 5.92. The van der Waals surface area contributed by atoms with Gasteiger partial charge in [0, 0.05) is 12.1 Å². The van der Waals surface area contributed by atoms with Gasteiger partial charge in [0.15, 0.2) is 6.39 Å². The molecular weight excluding hydrogens is 182 g/mol. The summed E-state index contributed by atoms with van der Waals surface area (Å²) in [5.41, 5.74) is 5.63. The van der Waals surface area contributed by atoms with Crippen LogP contribution >= 0.6 is 0 Å². The Labute approximate surface area is 82.7 Å². The van der Waals surface area contributed by atoms with Crippen molar-refractivity contribution < 1.29 is 9.21 Å². The fourth-order valence-electron chi connectivity index (χ4n) is 0.935. The molecule has 0 aliphatic carbocycles. The molecule has 1 aromatic rings. The minimum atomic E-state index is -0.434. The first kappa shape index (κ1) is 10.7. The number of carbonyl (C=O) groups excluding carboxylic acids is 1. The quantitative estimate of drug-likeness (QED) is 0.737. The van der Waals surface area contributed by atoms with E-state index in [1.54, 1.807) is 6.92 Å². The molecule has 78 valence electrons. The van der Waals surface area contributed by atoms with Crippen LogP contribution in [0.15, 0.2) is 10.8 Å². The molecule has 0 bridgehead atoms. The summed E-state index contributed by atoms with van der Waals surface area (Å²) in [6, 6.07) is 0. The lowest BCUT2D eigenvalue weighted by atomic mass is 10.1. The topological polar surface area (TPSA) is 81.2 Å². The standard InChI is InChI=1S/C9H15N3O2/c1-6-7(14-5-11-6)8(13)12-9(2,3)4-10/h5H,4,10H2,1-3H3,(H,12,13). The van der Waals surface area contributed by atoms with Crippen molar-refractivity contribution in [1.29, 1.82) is 0 Å². The fraction of sp³-hybridized carbons (Fsp3) is 0.556. The maximum absolute atomic E-state index is 11.6. The van der Waals surface area contributed by atoms with E-state index in [0.717, 1.165) is 0 Å². The number of oxazole rings is 1. The number of amides is 1. The lowest BCUT2D eigenvalue weighted by molar-refractivity contribution is 0.0886. The molecule has 0 atom stereocenters. The zero-order valence-electron chi connectivity index (χ0n) is 8.63. The van der Waals surface area contributed by atoms with Crippen molar-refractivity contribution in [1.82, 2.24) is 10.3 Å². The van der Waals surface area contributed by atoms with Gasteiger partial charge >= 0.3 is 0 Å². The zero-order valence-corrected chi connectivity index (χ0v) is 8.63. The van der Waals surface area contributed by atoms with Gasteiger partial charge in [0.25, 0.3) is 5.91 Å². The van der Waals surface area contributed by atoms with E-state index in [-0.39, 0.29) is 11.7 Å². The normalized spacial score (nSPS) is 11.4. The van der Waals surface area contributed by atoms with Crippen LogP contribution in [0.1, 0.15) is 30.1 Å². The Balaban J connectivity index is 2.73. The fourth-order valence-corrected chi connectivity index (χ4v) is 0.935. The summed E-state index contributed by atoms with van der Waals surface area (Å²) < 4.78 is 4.95. The smallest absolute Gasteiger partial charge is 0.289 e. The zero-order chi connectivity index (χ0) is 10.8. The van der Waals surface area contributed by atoms with Crippen LogP contribution in [0.2, 0.25) is 0 Å². The number of nitrogens with two attached hydrogens (primary N) is 1. The van der Waals surface area contributed by atoms with Crippen molar-refractivity contribution in [3.05, 3.63) is 17.8 Å². The number of carbonyl (C=O) groups is 1. The molecule has 0 radical (unpaired) electrons. The molecule has 1 amide bonds. The van der Waals surface area contributed by atoms with Crippen molar-refractivity contribution in [2.45, 2.75) is 26.3 Å². The summed E-state index contributed by atoms with van der Waals surface area (Å²) in [6.45, 7) is 5.77. The second-order valence-corrected chi connectivity index (χ2v) is 3.81. The molecule has 1 rings (SSSR count). The van der Waals surface area contributed by atoms with Gasteiger partial charge in [-0.25, -0.2) is 4.98 Å². The first-order chi connectivity index (χ1) is 6.46. The van der Waals surface area contributed by atoms with Gasteiger partial charge in [0.1, 0.15) is 0 Å². The third-order valence-electron chi connectivity index (χ3n) is 1.91. The van der Waals surface area contributed by atoms with Gasteiger partial charge in [-0.1, -0.05) is 0 Å². The summed E-state index contributed by atoms with van der Waals surface area (Å²) in [6.07, 6.45) is 1.25. The first-order valence-electron chi connectivity index (χ1n) is 4.39. The summed E-state index contributed by atoms with van der Waals surface area (Å²) >= 11 is 0. The van der Waals surface area contributed by atoms with E-state index in [2.05, 4.69) is 10.3 Å². The Morgan fingerprint density at radius 3 is 2.79 bits per heavy atom. The van der Waals surface area contributed by atoms with Crippen LogP contribution in [0.4, 0.5) is 0 Å². The van der Waals surface area contributed by atoms with Crippen molar-refractivity contribution >= 4 is 5.91 Å². The van der Waals surface area contributed by atoms with Crippen LogP contribution in [0.3, 0.4) is 0 Å². The van der Waals surface area contributed by atoms with Crippen LogP contribution in [0.25, 0.3) is 0 Å². The van der Waals surface area contributed by atoms with E-state index in [9.17, 15) is 4.79 Å². The summed E-state index contributed by atoms with van der Waals surface area (Å²) in [5.74, 6) is -0.0398. The number of nitrogens with zero attached hydrogens (tertiary/aromatic N) is 1. The molecule has 5 nitrogen and oxygen atoms in total. The molecule has 3 N–H and O–H groups in total. The van der Waals surface area contributed by atoms with Crippen LogP contribution in [-0.4, -0.2) is 23.0 Å². The van der Waals surface area contributed by atoms with Crippen LogP contribution in [-0.2, 0) is 0 Å². The molecule has 1 aromatic heterocycles. The van der Waals surface area contributed by atoms with Gasteiger partial charge in [-0.05, 0) is 20.8 Å². The van der Waals surface area contributed by atoms with Crippen LogP contribution in [0, 0.1) is 6.92 Å². The van der Waals surface area contributed by atoms with Crippen LogP contribution in [0.5, 0.6) is 0 Å². The maximum Gasteiger partial charge on any atom is 0.289 e. The van der Waals surface area contributed by atoms with Crippen LogP contribution < -0.4 is 11.1 Å². The van der Waals surface area contributed by atoms with Gasteiger partial charge < -0.3 is 15.5 Å². The van der Waals surface area contributed by atoms with E-state index in [1.807, 2.05) is 13.8 Å². The minimum absolute atomic E-state index is 0.242. The Morgan fingerprint density at radius 1 is 1.71 bits per heavy atom. The largest absolute Gasteiger partial charge is 0.438 e. The maximum atomic E-state index is 11.6. The average Bonchev–Trinajstić information content (AvgIpc) is 2.51. The predicted octanol–water partition coefficient (Wildman–Crippen LogP) is 0.450. The van der Waals surface area contributed by atoms with Gasteiger partial charge in [0.2, 0.25) is 5.76 Å². The Bertz CT molecular complexity index is 331. The summed E-state index contributed by atoms with van der Waals surface area (Å²) in [5, 5.41) is 2.75. The molecule has 0 saturated heterocycles. The van der Waals surface area contributed by atoms with Crippen molar-refractivity contribution in [2.75, 3.05) is 6.54 Å². The third kappa shape index (κ3) is 2.32. The van der Waals surface area contributed by atoms with E-state index in [1.165, 1.54) is 6.39 Å². The monoisotopic (exact) mass is 197 g/mol. The predicted molar refractivity (Wildman–Crippen MR) is 51.8 cm³/mol. The number of rotatable bonds is 3. The van der Waals surface area contributed by atoms with Gasteiger partial charge in [-0.3, -0.25) is 4.79 Å². The van der Waals surface area contributed by atoms with Crippen molar-refractivity contribution in [3.63, 3.8) is 0 Å². The minimum Gasteiger partial charge on any atom is -0.438 e. The van der Waals surface area contributed by atoms with Crippen molar-refractivity contribution in [3.8, 4) is 0 Å². The highest BCUT2D eigenvalue weighted by atomic mass is 16.3. The van der Waals surface area contributed by atoms with E-state index in [4.69, 9.17) is 10.2 Å². The van der Waals surface area contributed by atoms with E-state index in [0.29, 0.717) is 12.2 Å². The SMILES string of the molecule is Cc1ncoc1C(=O)NC(C)(C)CN. The summed E-state index contributed by atoms with van der Waals surface area (Å²) in [7, 11) is 0. The highest BCUT2D eigenvalue weighted by Gasteiger charge is 2.22. The Morgan fingerprint density at radius 2 is 2.36 bits per heavy atom. The molecule has 0 saturated carbocycles. The molecule has 0 aliphatic heterocycles. The number of hydrogen-bond acceptors (Lipinski definition) is 4. The third-order valence-corrected chi connectivity index (χ3v) is 1.91. The lowest BCUT2D eigenvalue weighted by Gasteiger charge is -2.23. The number of nitrogens with one attached hydrogen (secondary N) is 1. The number of aryl methyl sites for hydroxylation is 1. The molecule has 5 heteroatoms. The molecule has 0 unspecified atom stereocenters. The molecule has 1 heterocycles. The van der Waals surface area contributed by atoms with Gasteiger partial charge in [0.05, 0.1) is 5.69 Å². The summed E-state index contributed by atoms with van der Waals surface area (Å²) in [4.78, 5) is 15.4. The van der Waals surface area contributed by atoms with Crippen molar-refractivity contribution in [2.24, 2.45) is 5.73 Å². The molecule has 14 heavy (non-hydrogen) atoms. The second kappa shape index (κ2) is 3.79. The lowest BCUT2D eigenvalue weighted by Crippen LogP contribution is -2.48. The molecule has 0 spiro atoms. The van der Waals surface area contributed by atoms with Gasteiger partial charge in [-0.2, -0.15) is 0 Å². The Kier molecular flexibility index (Phi) is 2.90. The number of aromatic nitrogens is 1. The number of hydrogen-bond donors (Lipinski definition) is 2. The average molecular weight is 197 g/mol.